The van der Waals surface area contributed by atoms with E-state index in [1.807, 2.05) is 53.4 Å². The van der Waals surface area contributed by atoms with Crippen LogP contribution in [-0.4, -0.2) is 72.3 Å². The lowest BCUT2D eigenvalue weighted by Gasteiger charge is -2.36. The van der Waals surface area contributed by atoms with Gasteiger partial charge in [-0.15, -0.1) is 0 Å². The third-order valence-electron chi connectivity index (χ3n) is 10.3. The highest BCUT2D eigenvalue weighted by atomic mass is 28.3. The second-order valence-electron chi connectivity index (χ2n) is 13.3. The summed E-state index contributed by atoms with van der Waals surface area (Å²) in [4.78, 5) is 28.6. The minimum absolute atomic E-state index is 0.00416. The van der Waals surface area contributed by atoms with Crippen molar-refractivity contribution in [2.24, 2.45) is 5.92 Å². The average molecular weight is 628 g/mol. The minimum Gasteiger partial charge on any atom is -0.497 e. The lowest BCUT2D eigenvalue weighted by atomic mass is 9.95. The first-order valence-electron chi connectivity index (χ1n) is 16.2. The first-order chi connectivity index (χ1) is 21.7. The maximum absolute atomic E-state index is 13.6. The molecule has 0 bridgehead atoms. The Morgan fingerprint density at radius 1 is 1.07 bits per heavy atom. The van der Waals surface area contributed by atoms with Gasteiger partial charge in [0.05, 0.1) is 63.1 Å². The number of ether oxygens (including phenoxy) is 2. The number of aliphatic hydroxyl groups excluding tert-OH is 1. The smallest absolute Gasteiger partial charge is 0.279 e. The van der Waals surface area contributed by atoms with Gasteiger partial charge in [-0.05, 0) is 79.1 Å². The van der Waals surface area contributed by atoms with E-state index in [9.17, 15) is 14.7 Å². The summed E-state index contributed by atoms with van der Waals surface area (Å²) < 4.78 is 13.9. The number of aromatic amines is 1. The zero-order chi connectivity index (χ0) is 31.7. The first-order valence-corrected chi connectivity index (χ1v) is 19.3. The largest absolute Gasteiger partial charge is 0.497 e. The maximum Gasteiger partial charge on any atom is 0.279 e. The highest BCUT2D eigenvalue weighted by Gasteiger charge is 2.51. The summed E-state index contributed by atoms with van der Waals surface area (Å²) in [5.41, 5.74) is 2.95. The van der Waals surface area contributed by atoms with Gasteiger partial charge in [0.15, 0.2) is 0 Å². The number of aliphatic hydroxyl groups is 1. The first kappa shape index (κ1) is 31.3. The Bertz CT molecular complexity index is 1700. The fraction of sp³-hybridized carbons (Fsp3) is 0.444. The summed E-state index contributed by atoms with van der Waals surface area (Å²) in [7, 11) is -0.425. The van der Waals surface area contributed by atoms with Gasteiger partial charge in [0.2, 0.25) is 5.91 Å². The Balaban J connectivity index is 1.23. The van der Waals surface area contributed by atoms with Gasteiger partial charge >= 0.3 is 0 Å². The zero-order valence-corrected chi connectivity index (χ0v) is 27.7. The number of rotatable bonds is 10. The van der Waals surface area contributed by atoms with Crippen molar-refractivity contribution in [3.63, 3.8) is 0 Å². The molecule has 2 aliphatic heterocycles. The molecule has 238 valence electrons. The van der Waals surface area contributed by atoms with Gasteiger partial charge in [-0.25, -0.2) is 4.68 Å². The van der Waals surface area contributed by atoms with E-state index in [1.54, 1.807) is 11.8 Å². The minimum atomic E-state index is -2.11. The van der Waals surface area contributed by atoms with Crippen molar-refractivity contribution in [1.82, 2.24) is 14.7 Å². The average Bonchev–Trinajstić information content (AvgIpc) is 3.76. The topological polar surface area (TPSA) is 96.8 Å². The van der Waals surface area contributed by atoms with Gasteiger partial charge in [-0.1, -0.05) is 61.6 Å². The van der Waals surface area contributed by atoms with Crippen LogP contribution in [0.15, 0.2) is 77.6 Å². The molecule has 0 radical (unpaired) electrons. The maximum atomic E-state index is 13.6. The number of carbonyl (C=O) groups excluding carboxylic acids is 1. The van der Waals surface area contributed by atoms with E-state index in [-0.39, 0.29) is 47.8 Å². The van der Waals surface area contributed by atoms with E-state index in [0.717, 1.165) is 48.2 Å². The molecule has 1 amide bonds. The normalized spacial score (nSPS) is 23.6. The van der Waals surface area contributed by atoms with Crippen molar-refractivity contribution in [2.75, 3.05) is 20.3 Å². The van der Waals surface area contributed by atoms with Crippen LogP contribution in [0.3, 0.4) is 0 Å². The van der Waals surface area contributed by atoms with Crippen LogP contribution < -0.4 is 15.5 Å². The van der Waals surface area contributed by atoms with Crippen molar-refractivity contribution >= 4 is 30.1 Å². The molecule has 0 spiro atoms. The number of nitrogens with zero attached hydrogens (tertiary/aromatic N) is 2. The highest BCUT2D eigenvalue weighted by Crippen LogP contribution is 2.46. The number of benzene rings is 3. The number of fused-ring (bicyclic) bond motifs is 1. The Morgan fingerprint density at radius 2 is 1.84 bits per heavy atom. The molecule has 8 nitrogen and oxygen atoms in total. The van der Waals surface area contributed by atoms with Crippen LogP contribution in [0.4, 0.5) is 0 Å². The molecule has 0 aliphatic carbocycles. The number of aryl methyl sites for hydroxylation is 1. The second-order valence-corrected chi connectivity index (χ2v) is 18.0. The zero-order valence-electron chi connectivity index (χ0n) is 26.7. The Labute approximate surface area is 266 Å². The van der Waals surface area contributed by atoms with Crippen molar-refractivity contribution in [3.05, 3.63) is 88.7 Å². The van der Waals surface area contributed by atoms with Gasteiger partial charge in [0.1, 0.15) is 5.75 Å². The van der Waals surface area contributed by atoms with Crippen LogP contribution in [0.1, 0.15) is 38.2 Å². The molecule has 2 fully saturated rings. The molecule has 45 heavy (non-hydrogen) atoms. The van der Waals surface area contributed by atoms with Crippen LogP contribution in [0, 0.1) is 5.92 Å². The van der Waals surface area contributed by atoms with E-state index >= 15 is 0 Å². The molecule has 2 N–H and O–H groups in total. The predicted octanol–water partition coefficient (Wildman–Crippen LogP) is 5.02. The SMILES string of the molecule is COc1ccc([Si](C)(C)[C@H]2[C@H](C)[C@H](CCc3cccc(-n4[nH]c5ccccc5c4=O)c3)O[C@@H]2CC(=O)N2CCC[C@H]2CO)cc1. The molecule has 0 saturated carbocycles. The molecule has 5 atom stereocenters. The molecule has 2 aliphatic rings. The Hall–Kier alpha value is -3.66. The quantitative estimate of drug-likeness (QED) is 0.241. The molecule has 9 heteroatoms. The van der Waals surface area contributed by atoms with E-state index in [0.29, 0.717) is 18.4 Å². The fourth-order valence-corrected chi connectivity index (χ4v) is 12.0. The molecule has 1 aromatic heterocycles. The molecule has 2 saturated heterocycles. The van der Waals surface area contributed by atoms with E-state index < -0.39 is 8.07 Å². The van der Waals surface area contributed by atoms with Crippen LogP contribution >= 0.6 is 0 Å². The van der Waals surface area contributed by atoms with E-state index in [2.05, 4.69) is 49.4 Å². The molecule has 4 aromatic rings. The third-order valence-corrected chi connectivity index (χ3v) is 14.7. The summed E-state index contributed by atoms with van der Waals surface area (Å²) in [6.07, 6.45) is 3.57. The van der Waals surface area contributed by atoms with Crippen LogP contribution in [-0.2, 0) is 16.0 Å². The lowest BCUT2D eigenvalue weighted by molar-refractivity contribution is -0.135. The highest BCUT2D eigenvalue weighted by molar-refractivity contribution is 6.91. The molecular weight excluding hydrogens is 582 g/mol. The fourth-order valence-electron chi connectivity index (χ4n) is 7.89. The number of hydrogen-bond donors (Lipinski definition) is 2. The Kier molecular flexibility index (Phi) is 9.04. The number of hydrogen-bond acceptors (Lipinski definition) is 5. The van der Waals surface area contributed by atoms with Crippen molar-refractivity contribution < 1.29 is 19.4 Å². The van der Waals surface area contributed by atoms with Crippen LogP contribution in [0.25, 0.3) is 16.6 Å². The summed E-state index contributed by atoms with van der Waals surface area (Å²) in [6.45, 7) is 7.80. The van der Waals surface area contributed by atoms with Gasteiger partial charge < -0.3 is 19.5 Å². The van der Waals surface area contributed by atoms with Crippen LogP contribution in [0.2, 0.25) is 18.6 Å². The molecule has 3 aromatic carbocycles. The summed E-state index contributed by atoms with van der Waals surface area (Å²) >= 11 is 0. The number of aromatic nitrogens is 2. The second kappa shape index (κ2) is 13.0. The van der Waals surface area contributed by atoms with E-state index in [1.165, 1.54) is 5.19 Å². The van der Waals surface area contributed by atoms with Gasteiger partial charge in [-0.2, -0.15) is 0 Å². The number of para-hydroxylation sites is 1. The van der Waals surface area contributed by atoms with Crippen molar-refractivity contribution in [3.8, 4) is 11.4 Å². The van der Waals surface area contributed by atoms with E-state index in [4.69, 9.17) is 9.47 Å². The predicted molar refractivity (Wildman–Crippen MR) is 180 cm³/mol. The monoisotopic (exact) mass is 627 g/mol. The molecule has 6 rings (SSSR count). The molecular formula is C36H45N3O5Si. The summed E-state index contributed by atoms with van der Waals surface area (Å²) in [6, 6.07) is 24.0. The number of likely N-dealkylation sites (tertiary alicyclic amines) is 1. The van der Waals surface area contributed by atoms with Crippen molar-refractivity contribution in [1.29, 1.82) is 0 Å². The Morgan fingerprint density at radius 3 is 2.58 bits per heavy atom. The van der Waals surface area contributed by atoms with Crippen molar-refractivity contribution in [2.45, 2.75) is 75.9 Å². The molecule has 3 heterocycles. The third kappa shape index (κ3) is 6.13. The summed E-state index contributed by atoms with van der Waals surface area (Å²) in [5, 5.41) is 15.1. The standard InChI is InChI=1S/C36H45N3O5Si/c1-24-32(19-14-25-9-7-10-26(21-25)39-36(42)30-12-5-6-13-31(30)37-39)44-33(22-34(41)38-20-8-11-27(38)23-40)35(24)45(3,4)29-17-15-28(43-2)16-18-29/h5-7,9-10,12-13,15-18,21,24,27,32-33,35,37,40H,8,11,14,19-20,22-23H2,1-4H3/t24-,27+,32+,33-,35+/m1/s1. The van der Waals surface area contributed by atoms with Gasteiger partial charge in [-0.3, -0.25) is 14.7 Å². The number of carbonyl (C=O) groups is 1. The number of nitrogens with one attached hydrogen (secondary N) is 1. The van der Waals surface area contributed by atoms with Crippen LogP contribution in [0.5, 0.6) is 5.75 Å². The number of amides is 1. The number of methoxy groups -OCH3 is 1. The lowest BCUT2D eigenvalue weighted by Crippen LogP contribution is -2.51. The van der Waals surface area contributed by atoms with Gasteiger partial charge in [0, 0.05) is 6.54 Å². The van der Waals surface area contributed by atoms with Gasteiger partial charge in [0.25, 0.3) is 5.56 Å². The summed E-state index contributed by atoms with van der Waals surface area (Å²) in [5.74, 6) is 1.19. The number of H-pyrrole nitrogens is 1. The molecule has 0 unspecified atom stereocenters.